The van der Waals surface area contributed by atoms with Crippen LogP contribution in [0.4, 0.5) is 19.7 Å². The van der Waals surface area contributed by atoms with Gasteiger partial charge in [0.15, 0.2) is 0 Å². The number of halogens is 1. The number of cyclic esters (lactones) is 1. The average molecular weight is 455 g/mol. The van der Waals surface area contributed by atoms with Crippen molar-refractivity contribution in [2.75, 3.05) is 29.5 Å². The molecule has 2 saturated heterocycles. The van der Waals surface area contributed by atoms with Crippen molar-refractivity contribution in [1.82, 2.24) is 4.90 Å². The molecule has 11 heteroatoms. The molecule has 31 heavy (non-hydrogen) atoms. The molecule has 3 amide bonds. The van der Waals surface area contributed by atoms with Gasteiger partial charge in [-0.15, -0.1) is 0 Å². The van der Waals surface area contributed by atoms with Gasteiger partial charge in [0.1, 0.15) is 28.4 Å². The summed E-state index contributed by atoms with van der Waals surface area (Å²) in [5.74, 6) is -1.22. The molecule has 2 aliphatic heterocycles. The second-order valence-electron chi connectivity index (χ2n) is 7.50. The summed E-state index contributed by atoms with van der Waals surface area (Å²) >= 11 is 0. The molecule has 0 N–H and O–H groups in total. The molecular weight excluding hydrogens is 431 g/mol. The fourth-order valence-corrected chi connectivity index (χ4v) is 5.23. The van der Waals surface area contributed by atoms with Crippen LogP contribution in [-0.4, -0.2) is 62.1 Å². The molecular formula is C20H24FN2O7S. The number of imide groups is 1. The van der Waals surface area contributed by atoms with Gasteiger partial charge in [-0.25, -0.2) is 27.3 Å². The van der Waals surface area contributed by atoms with E-state index in [-0.39, 0.29) is 36.2 Å². The molecule has 0 unspecified atom stereocenters. The van der Waals surface area contributed by atoms with Crippen molar-refractivity contribution in [3.63, 3.8) is 0 Å². The van der Waals surface area contributed by atoms with Gasteiger partial charge in [0.05, 0.1) is 30.3 Å². The molecule has 0 aromatic heterocycles. The Kier molecular flexibility index (Phi) is 6.83. The van der Waals surface area contributed by atoms with Gasteiger partial charge in [0.2, 0.25) is 5.91 Å². The Morgan fingerprint density at radius 2 is 2.00 bits per heavy atom. The summed E-state index contributed by atoms with van der Waals surface area (Å²) in [6, 6.07) is 4.35. The Labute approximate surface area is 180 Å². The highest BCUT2D eigenvalue weighted by Crippen LogP contribution is 2.33. The molecule has 1 aromatic rings. The number of benzene rings is 1. The minimum Gasteiger partial charge on any atom is -0.442 e. The van der Waals surface area contributed by atoms with E-state index in [0.29, 0.717) is 18.4 Å². The van der Waals surface area contributed by atoms with Gasteiger partial charge < -0.3 is 9.47 Å². The maximum absolute atomic E-state index is 14.8. The van der Waals surface area contributed by atoms with Crippen LogP contribution >= 0.6 is 0 Å². The lowest BCUT2D eigenvalue weighted by Gasteiger charge is -2.23. The van der Waals surface area contributed by atoms with E-state index in [0.717, 1.165) is 11.5 Å². The van der Waals surface area contributed by atoms with Gasteiger partial charge in [-0.1, -0.05) is 6.07 Å². The number of carbonyl (C=O) groups is 3. The number of nitrogens with zero attached hydrogens (tertiary/aromatic N) is 2. The van der Waals surface area contributed by atoms with Crippen LogP contribution in [0.1, 0.15) is 38.2 Å². The number of sulfone groups is 1. The second kappa shape index (κ2) is 9.21. The Morgan fingerprint density at radius 3 is 2.58 bits per heavy atom. The Hall–Kier alpha value is -2.69. The van der Waals surface area contributed by atoms with E-state index in [1.165, 1.54) is 24.8 Å². The highest BCUT2D eigenvalue weighted by molar-refractivity contribution is 7.91. The Bertz CT molecular complexity index is 968. The first-order valence-corrected chi connectivity index (χ1v) is 11.7. The highest BCUT2D eigenvalue weighted by atomic mass is 32.2. The van der Waals surface area contributed by atoms with E-state index in [1.54, 1.807) is 12.1 Å². The molecule has 0 saturated carbocycles. The number of hydrogen-bond donors (Lipinski definition) is 0. The van der Waals surface area contributed by atoms with E-state index in [9.17, 15) is 27.2 Å². The molecule has 0 bridgehead atoms. The van der Waals surface area contributed by atoms with E-state index < -0.39 is 39.9 Å². The van der Waals surface area contributed by atoms with Crippen molar-refractivity contribution in [2.45, 2.75) is 38.7 Å². The van der Waals surface area contributed by atoms with Crippen LogP contribution in [0.2, 0.25) is 0 Å². The quantitative estimate of drug-likeness (QED) is 0.671. The van der Waals surface area contributed by atoms with Gasteiger partial charge in [0.25, 0.3) is 0 Å². The molecule has 1 aromatic carbocycles. The zero-order chi connectivity index (χ0) is 22.8. The predicted octanol–water partition coefficient (Wildman–Crippen LogP) is 2.61. The van der Waals surface area contributed by atoms with E-state index >= 15 is 0 Å². The minimum absolute atomic E-state index is 0.0200. The third kappa shape index (κ3) is 5.33. The lowest BCUT2D eigenvalue weighted by Crippen LogP contribution is -2.42. The van der Waals surface area contributed by atoms with E-state index in [4.69, 9.17) is 9.47 Å². The summed E-state index contributed by atoms with van der Waals surface area (Å²) in [6.45, 7) is 3.64. The monoisotopic (exact) mass is 455 g/mol. The van der Waals surface area contributed by atoms with E-state index in [2.05, 4.69) is 0 Å². The molecule has 1 radical (unpaired) electrons. The SMILES string of the molecule is C[CH]OC(=O)N(C[C@H]1CN(c2ccc(C3CCS(=O)(=O)CC3)c(F)c2)C(=O)O1)C(C)=O. The summed E-state index contributed by atoms with van der Waals surface area (Å²) in [7, 11) is -3.05. The fourth-order valence-electron chi connectivity index (χ4n) is 3.74. The topological polar surface area (TPSA) is 110 Å². The molecule has 1 atom stereocenters. The molecule has 9 nitrogen and oxygen atoms in total. The van der Waals surface area contributed by atoms with Crippen molar-refractivity contribution in [3.05, 3.63) is 36.2 Å². The summed E-state index contributed by atoms with van der Waals surface area (Å²) < 4.78 is 47.9. The normalized spacial score (nSPS) is 20.9. The highest BCUT2D eigenvalue weighted by Gasteiger charge is 2.36. The van der Waals surface area contributed by atoms with Gasteiger partial charge in [-0.05, 0) is 43.4 Å². The standard InChI is InChI=1S/C20H24FN2O7S/c1-3-29-19(25)22(13(2)24)11-16-12-23(20(26)30-16)15-4-5-17(18(21)10-15)14-6-8-31(27,28)9-7-14/h3-5,10,14,16H,6-9,11-12H2,1-2H3/t16-/m0/s1. The zero-order valence-electron chi connectivity index (χ0n) is 17.2. The molecule has 169 valence electrons. The van der Waals surface area contributed by atoms with Crippen molar-refractivity contribution in [2.24, 2.45) is 0 Å². The number of rotatable bonds is 5. The van der Waals surface area contributed by atoms with Crippen LogP contribution in [0.25, 0.3) is 0 Å². The number of amides is 3. The maximum atomic E-state index is 14.8. The summed E-state index contributed by atoms with van der Waals surface area (Å²) in [5.41, 5.74) is 0.695. The van der Waals surface area contributed by atoms with Crippen molar-refractivity contribution >= 4 is 33.6 Å². The zero-order valence-corrected chi connectivity index (χ0v) is 18.1. The largest absolute Gasteiger partial charge is 0.442 e. The average Bonchev–Trinajstić information content (AvgIpc) is 3.06. The first kappa shape index (κ1) is 23.0. The third-order valence-corrected chi connectivity index (χ3v) is 7.09. The Balaban J connectivity index is 1.69. The third-order valence-electron chi connectivity index (χ3n) is 5.37. The molecule has 2 aliphatic rings. The molecule has 2 fully saturated rings. The summed E-state index contributed by atoms with van der Waals surface area (Å²) in [4.78, 5) is 37.9. The van der Waals surface area contributed by atoms with Crippen LogP contribution in [0, 0.1) is 12.4 Å². The summed E-state index contributed by atoms with van der Waals surface area (Å²) in [5, 5.41) is 0. The molecule has 0 spiro atoms. The minimum atomic E-state index is -3.05. The van der Waals surface area contributed by atoms with Gasteiger partial charge in [-0.3, -0.25) is 9.69 Å². The van der Waals surface area contributed by atoms with Crippen molar-refractivity contribution < 1.29 is 36.7 Å². The number of anilines is 1. The second-order valence-corrected chi connectivity index (χ2v) is 9.80. The first-order chi connectivity index (χ1) is 14.6. The Morgan fingerprint density at radius 1 is 1.32 bits per heavy atom. The van der Waals surface area contributed by atoms with Crippen molar-refractivity contribution in [3.8, 4) is 0 Å². The van der Waals surface area contributed by atoms with E-state index in [1.807, 2.05) is 0 Å². The van der Waals surface area contributed by atoms with Crippen LogP contribution in [0.5, 0.6) is 0 Å². The number of carbonyl (C=O) groups excluding carboxylic acids is 3. The molecule has 2 heterocycles. The van der Waals surface area contributed by atoms with Crippen LogP contribution in [-0.2, 0) is 24.1 Å². The fraction of sp³-hybridized carbons (Fsp3) is 0.500. The molecule has 0 aliphatic carbocycles. The summed E-state index contributed by atoms with van der Waals surface area (Å²) in [6.07, 6.45) is -1.68. The maximum Gasteiger partial charge on any atom is 0.417 e. The predicted molar refractivity (Wildman–Crippen MR) is 108 cm³/mol. The van der Waals surface area contributed by atoms with Gasteiger partial charge >= 0.3 is 12.2 Å². The van der Waals surface area contributed by atoms with Crippen LogP contribution in [0.3, 0.4) is 0 Å². The smallest absolute Gasteiger partial charge is 0.417 e. The van der Waals surface area contributed by atoms with Crippen LogP contribution in [0.15, 0.2) is 18.2 Å². The van der Waals surface area contributed by atoms with Crippen molar-refractivity contribution in [1.29, 1.82) is 0 Å². The number of ether oxygens (including phenoxy) is 2. The lowest BCUT2D eigenvalue weighted by atomic mass is 9.93. The van der Waals surface area contributed by atoms with Gasteiger partial charge in [-0.2, -0.15) is 0 Å². The van der Waals surface area contributed by atoms with Gasteiger partial charge in [0, 0.05) is 6.92 Å². The number of hydrogen-bond acceptors (Lipinski definition) is 7. The lowest BCUT2D eigenvalue weighted by molar-refractivity contribution is -0.127. The van der Waals surface area contributed by atoms with Crippen LogP contribution < -0.4 is 4.90 Å². The first-order valence-electron chi connectivity index (χ1n) is 9.86. The molecule has 3 rings (SSSR count).